The van der Waals surface area contributed by atoms with Crippen molar-refractivity contribution in [2.75, 3.05) is 0 Å². The van der Waals surface area contributed by atoms with Crippen LogP contribution in [0.1, 0.15) is 16.7 Å². The zero-order valence-electron chi connectivity index (χ0n) is 14.3. The van der Waals surface area contributed by atoms with Crippen LogP contribution in [-0.2, 0) is 17.8 Å². The fourth-order valence-corrected chi connectivity index (χ4v) is 3.78. The molecular formula is C20H19FN2OS. The second-order valence-corrected chi connectivity index (χ2v) is 6.98. The zero-order chi connectivity index (χ0) is 18.0. The van der Waals surface area contributed by atoms with E-state index in [2.05, 4.69) is 11.6 Å². The van der Waals surface area contributed by atoms with Gasteiger partial charge in [-0.25, -0.2) is 4.39 Å². The molecule has 0 aliphatic rings. The summed E-state index contributed by atoms with van der Waals surface area (Å²) in [4.78, 5) is 17.1. The number of allylic oxidation sites excluding steroid dienone is 1. The van der Waals surface area contributed by atoms with Gasteiger partial charge in [-0.3, -0.25) is 4.79 Å². The van der Waals surface area contributed by atoms with Crippen molar-refractivity contribution >= 4 is 27.5 Å². The van der Waals surface area contributed by atoms with Crippen LogP contribution in [0.4, 0.5) is 4.39 Å². The molecule has 3 nitrogen and oxygen atoms in total. The van der Waals surface area contributed by atoms with E-state index in [0.717, 1.165) is 15.8 Å². The van der Waals surface area contributed by atoms with Gasteiger partial charge in [0.1, 0.15) is 5.82 Å². The Morgan fingerprint density at radius 3 is 2.80 bits per heavy atom. The van der Waals surface area contributed by atoms with Crippen molar-refractivity contribution in [2.45, 2.75) is 26.8 Å². The van der Waals surface area contributed by atoms with Crippen molar-refractivity contribution in [3.8, 4) is 0 Å². The Bertz CT molecular complexity index is 1030. The first kappa shape index (κ1) is 17.3. The van der Waals surface area contributed by atoms with Gasteiger partial charge >= 0.3 is 0 Å². The van der Waals surface area contributed by atoms with Crippen molar-refractivity contribution in [1.29, 1.82) is 0 Å². The lowest BCUT2D eigenvalue weighted by atomic mass is 10.0. The lowest BCUT2D eigenvalue weighted by Gasteiger charge is -2.03. The number of carbonyl (C=O) groups is 1. The highest BCUT2D eigenvalue weighted by molar-refractivity contribution is 7.16. The molecule has 0 bridgehead atoms. The van der Waals surface area contributed by atoms with Crippen LogP contribution in [0.15, 0.2) is 54.0 Å². The highest BCUT2D eigenvalue weighted by atomic mass is 32.1. The molecule has 128 valence electrons. The number of benzene rings is 2. The summed E-state index contributed by atoms with van der Waals surface area (Å²) in [6.45, 7) is 8.17. The summed E-state index contributed by atoms with van der Waals surface area (Å²) in [5, 5.41) is 0. The van der Waals surface area contributed by atoms with E-state index in [1.807, 2.05) is 38.1 Å². The highest BCUT2D eigenvalue weighted by Crippen LogP contribution is 2.20. The van der Waals surface area contributed by atoms with E-state index in [9.17, 15) is 9.18 Å². The SMILES string of the molecule is C=CCn1c(=NC(=O)Cc2ccc(C)c(C)c2)sc2cccc(F)c21. The van der Waals surface area contributed by atoms with E-state index in [4.69, 9.17) is 0 Å². The number of para-hydroxylation sites is 1. The monoisotopic (exact) mass is 354 g/mol. The fraction of sp³-hybridized carbons (Fsp3) is 0.200. The lowest BCUT2D eigenvalue weighted by molar-refractivity contribution is -0.117. The number of hydrogen-bond donors (Lipinski definition) is 0. The third-order valence-corrected chi connectivity index (χ3v) is 5.15. The molecule has 2 aromatic carbocycles. The molecule has 3 aromatic rings. The zero-order valence-corrected chi connectivity index (χ0v) is 15.1. The van der Waals surface area contributed by atoms with Gasteiger partial charge in [-0.1, -0.05) is 41.7 Å². The van der Waals surface area contributed by atoms with Crippen LogP contribution >= 0.6 is 11.3 Å². The number of rotatable bonds is 4. The van der Waals surface area contributed by atoms with Crippen LogP contribution in [0, 0.1) is 19.7 Å². The van der Waals surface area contributed by atoms with Crippen LogP contribution in [0.5, 0.6) is 0 Å². The van der Waals surface area contributed by atoms with Crippen LogP contribution in [-0.4, -0.2) is 10.5 Å². The summed E-state index contributed by atoms with van der Waals surface area (Å²) in [5.74, 6) is -0.563. The average molecular weight is 354 g/mol. The molecule has 0 unspecified atom stereocenters. The van der Waals surface area contributed by atoms with Gasteiger partial charge in [0, 0.05) is 6.54 Å². The molecule has 3 rings (SSSR count). The van der Waals surface area contributed by atoms with E-state index in [1.165, 1.54) is 23.0 Å². The van der Waals surface area contributed by atoms with Gasteiger partial charge in [-0.15, -0.1) is 6.58 Å². The quantitative estimate of drug-likeness (QED) is 0.643. The summed E-state index contributed by atoms with van der Waals surface area (Å²) < 4.78 is 16.6. The molecule has 0 radical (unpaired) electrons. The molecule has 0 aliphatic carbocycles. The molecule has 0 atom stereocenters. The number of aromatic nitrogens is 1. The minimum atomic E-state index is -0.321. The van der Waals surface area contributed by atoms with Crippen molar-refractivity contribution in [3.05, 3.63) is 76.4 Å². The third-order valence-electron chi connectivity index (χ3n) is 4.11. The number of halogens is 1. The molecule has 1 heterocycles. The van der Waals surface area contributed by atoms with Gasteiger partial charge in [0.05, 0.1) is 16.6 Å². The summed E-state index contributed by atoms with van der Waals surface area (Å²) >= 11 is 1.31. The topological polar surface area (TPSA) is 34.4 Å². The molecule has 0 spiro atoms. The molecule has 1 amide bonds. The Kier molecular flexibility index (Phi) is 4.95. The second kappa shape index (κ2) is 7.15. The van der Waals surface area contributed by atoms with Crippen LogP contribution < -0.4 is 4.80 Å². The van der Waals surface area contributed by atoms with Crippen LogP contribution in [0.25, 0.3) is 10.2 Å². The lowest BCUT2D eigenvalue weighted by Crippen LogP contribution is -2.17. The summed E-state index contributed by atoms with van der Waals surface area (Å²) in [5.41, 5.74) is 3.73. The number of thiazole rings is 1. The van der Waals surface area contributed by atoms with E-state index < -0.39 is 0 Å². The maximum atomic E-state index is 14.2. The first-order valence-corrected chi connectivity index (χ1v) is 8.83. The minimum absolute atomic E-state index is 0.228. The maximum Gasteiger partial charge on any atom is 0.252 e. The first-order valence-electron chi connectivity index (χ1n) is 8.02. The molecule has 0 N–H and O–H groups in total. The largest absolute Gasteiger partial charge is 0.310 e. The van der Waals surface area contributed by atoms with Gasteiger partial charge in [0.2, 0.25) is 0 Å². The van der Waals surface area contributed by atoms with Gasteiger partial charge in [-0.05, 0) is 42.7 Å². The Morgan fingerprint density at radius 1 is 1.28 bits per heavy atom. The number of aryl methyl sites for hydroxylation is 2. The molecular weight excluding hydrogens is 335 g/mol. The van der Waals surface area contributed by atoms with Gasteiger partial charge in [0.25, 0.3) is 5.91 Å². The number of nitrogens with zero attached hydrogens (tertiary/aromatic N) is 2. The maximum absolute atomic E-state index is 14.2. The number of fused-ring (bicyclic) bond motifs is 1. The normalized spacial score (nSPS) is 11.9. The van der Waals surface area contributed by atoms with E-state index >= 15 is 0 Å². The summed E-state index contributed by atoms with van der Waals surface area (Å²) in [6.07, 6.45) is 1.90. The smallest absolute Gasteiger partial charge is 0.252 e. The summed E-state index contributed by atoms with van der Waals surface area (Å²) in [6, 6.07) is 10.9. The van der Waals surface area contributed by atoms with Crippen molar-refractivity contribution in [3.63, 3.8) is 0 Å². The standard InChI is InChI=1S/C20H19FN2OS/c1-4-10-23-19-16(21)6-5-7-17(19)25-20(23)22-18(24)12-15-9-8-13(2)14(3)11-15/h4-9,11H,1,10,12H2,2-3H3. The van der Waals surface area contributed by atoms with Gasteiger partial charge in [-0.2, -0.15) is 4.99 Å². The highest BCUT2D eigenvalue weighted by Gasteiger charge is 2.11. The van der Waals surface area contributed by atoms with E-state index in [-0.39, 0.29) is 18.1 Å². The first-order chi connectivity index (χ1) is 12.0. The minimum Gasteiger partial charge on any atom is -0.310 e. The van der Waals surface area contributed by atoms with Crippen LogP contribution in [0.3, 0.4) is 0 Å². The van der Waals surface area contributed by atoms with E-state index in [1.54, 1.807) is 16.7 Å². The molecule has 0 saturated carbocycles. The number of amides is 1. The van der Waals surface area contributed by atoms with E-state index in [0.29, 0.717) is 16.9 Å². The molecule has 5 heteroatoms. The van der Waals surface area contributed by atoms with Gasteiger partial charge in [0.15, 0.2) is 4.80 Å². The van der Waals surface area contributed by atoms with Gasteiger partial charge < -0.3 is 4.57 Å². The average Bonchev–Trinajstić information content (AvgIpc) is 2.90. The predicted octanol–water partition coefficient (Wildman–Crippen LogP) is 4.31. The second-order valence-electron chi connectivity index (χ2n) is 5.97. The fourth-order valence-electron chi connectivity index (χ4n) is 2.70. The molecule has 0 fully saturated rings. The molecule has 1 aromatic heterocycles. The molecule has 25 heavy (non-hydrogen) atoms. The van der Waals surface area contributed by atoms with Crippen molar-refractivity contribution in [2.24, 2.45) is 4.99 Å². The molecule has 0 saturated heterocycles. The Balaban J connectivity index is 2.01. The summed E-state index contributed by atoms with van der Waals surface area (Å²) in [7, 11) is 0. The Labute approximate surface area is 149 Å². The third kappa shape index (κ3) is 3.61. The van der Waals surface area contributed by atoms with Crippen molar-refractivity contribution in [1.82, 2.24) is 4.57 Å². The Hall–Kier alpha value is -2.53. The predicted molar refractivity (Wildman–Crippen MR) is 100 cm³/mol. The number of hydrogen-bond acceptors (Lipinski definition) is 2. The molecule has 0 aliphatic heterocycles. The van der Waals surface area contributed by atoms with Crippen LogP contribution in [0.2, 0.25) is 0 Å². The number of carbonyl (C=O) groups excluding carboxylic acids is 1. The van der Waals surface area contributed by atoms with Crippen molar-refractivity contribution < 1.29 is 9.18 Å². The Morgan fingerprint density at radius 2 is 2.08 bits per heavy atom.